The molecule has 0 saturated carbocycles. The average molecular weight is 343 g/mol. The van der Waals surface area contributed by atoms with E-state index in [0.717, 1.165) is 39.2 Å². The number of nitrogens with zero attached hydrogens (tertiary/aromatic N) is 1. The van der Waals surface area contributed by atoms with Crippen LogP contribution in [0.15, 0.2) is 22.7 Å². The molecule has 4 heteroatoms. The summed E-state index contributed by atoms with van der Waals surface area (Å²) in [6.45, 7) is 7.05. The van der Waals surface area contributed by atoms with E-state index in [1.54, 1.807) is 7.11 Å². The van der Waals surface area contributed by atoms with Gasteiger partial charge in [-0.2, -0.15) is 0 Å². The minimum absolute atomic E-state index is 0.827. The molecule has 0 unspecified atom stereocenters. The molecule has 0 aromatic heterocycles. The normalized spacial score (nSPS) is 11.2. The van der Waals surface area contributed by atoms with Crippen LogP contribution in [0.25, 0.3) is 0 Å². The van der Waals surface area contributed by atoms with Crippen LogP contribution in [0.2, 0.25) is 0 Å². The van der Waals surface area contributed by atoms with Gasteiger partial charge in [0.1, 0.15) is 0 Å². The van der Waals surface area contributed by atoms with Crippen LogP contribution in [-0.4, -0.2) is 38.8 Å². The molecule has 0 bridgehead atoms. The largest absolute Gasteiger partial charge is 0.385 e. The second-order valence-electron chi connectivity index (χ2n) is 5.19. The van der Waals surface area contributed by atoms with Crippen LogP contribution < -0.4 is 5.32 Å². The van der Waals surface area contributed by atoms with Crippen LogP contribution in [0.3, 0.4) is 0 Å². The summed E-state index contributed by atoms with van der Waals surface area (Å²) in [6, 6.07) is 6.66. The van der Waals surface area contributed by atoms with Crippen LogP contribution in [0.1, 0.15) is 30.9 Å². The van der Waals surface area contributed by atoms with E-state index < -0.39 is 0 Å². The second kappa shape index (κ2) is 10.3. The van der Waals surface area contributed by atoms with E-state index in [4.69, 9.17) is 4.74 Å². The number of benzene rings is 1. The van der Waals surface area contributed by atoms with E-state index >= 15 is 0 Å². The topological polar surface area (TPSA) is 24.5 Å². The van der Waals surface area contributed by atoms with Crippen molar-refractivity contribution in [2.24, 2.45) is 0 Å². The van der Waals surface area contributed by atoms with Gasteiger partial charge >= 0.3 is 0 Å². The lowest BCUT2D eigenvalue weighted by molar-refractivity contribution is 0.178. The summed E-state index contributed by atoms with van der Waals surface area (Å²) in [5.41, 5.74) is 2.67. The summed E-state index contributed by atoms with van der Waals surface area (Å²) in [4.78, 5) is 2.33. The number of rotatable bonds is 10. The Bertz CT molecular complexity index is 385. The first-order valence-corrected chi connectivity index (χ1v) is 8.12. The molecule has 0 fully saturated rings. The molecule has 0 atom stereocenters. The minimum atomic E-state index is 0.827. The van der Waals surface area contributed by atoms with Gasteiger partial charge < -0.3 is 15.0 Å². The third-order valence-electron chi connectivity index (χ3n) is 3.20. The zero-order valence-electron chi connectivity index (χ0n) is 12.9. The number of nitrogens with one attached hydrogen (secondary N) is 1. The van der Waals surface area contributed by atoms with Crippen molar-refractivity contribution in [3.8, 4) is 0 Å². The smallest absolute Gasteiger partial charge is 0.0474 e. The number of halogens is 1. The highest BCUT2D eigenvalue weighted by Gasteiger charge is 2.05. The lowest BCUT2D eigenvalue weighted by atomic mass is 10.1. The Morgan fingerprint density at radius 3 is 2.80 bits per heavy atom. The van der Waals surface area contributed by atoms with Gasteiger partial charge in [-0.25, -0.2) is 0 Å². The van der Waals surface area contributed by atoms with E-state index in [-0.39, 0.29) is 0 Å². The first-order chi connectivity index (χ1) is 9.67. The SMILES string of the molecule is CCCNCc1ccc(CN(C)CCCOC)c(Br)c1. The Labute approximate surface area is 131 Å². The number of ether oxygens (including phenoxy) is 1. The summed E-state index contributed by atoms with van der Waals surface area (Å²) in [5, 5.41) is 3.43. The van der Waals surface area contributed by atoms with Crippen LogP contribution in [0, 0.1) is 0 Å². The lowest BCUT2D eigenvalue weighted by Crippen LogP contribution is -2.20. The fraction of sp³-hybridized carbons (Fsp3) is 0.625. The first-order valence-electron chi connectivity index (χ1n) is 7.32. The highest BCUT2D eigenvalue weighted by Crippen LogP contribution is 2.20. The number of hydrogen-bond acceptors (Lipinski definition) is 3. The Morgan fingerprint density at radius 2 is 2.15 bits per heavy atom. The predicted octanol–water partition coefficient (Wildman–Crippen LogP) is 3.42. The number of hydrogen-bond donors (Lipinski definition) is 1. The van der Waals surface area contributed by atoms with Crippen molar-refractivity contribution in [3.63, 3.8) is 0 Å². The van der Waals surface area contributed by atoms with Gasteiger partial charge in [0.15, 0.2) is 0 Å². The monoisotopic (exact) mass is 342 g/mol. The molecule has 1 rings (SSSR count). The lowest BCUT2D eigenvalue weighted by Gasteiger charge is -2.18. The molecule has 0 aliphatic heterocycles. The molecular weight excluding hydrogens is 316 g/mol. The second-order valence-corrected chi connectivity index (χ2v) is 6.04. The summed E-state index contributed by atoms with van der Waals surface area (Å²) in [7, 11) is 3.90. The van der Waals surface area contributed by atoms with Crippen LogP contribution in [0.4, 0.5) is 0 Å². The zero-order valence-corrected chi connectivity index (χ0v) is 14.5. The molecular formula is C16H27BrN2O. The Hall–Kier alpha value is -0.420. The van der Waals surface area contributed by atoms with Gasteiger partial charge in [-0.05, 0) is 43.6 Å². The summed E-state index contributed by atoms with van der Waals surface area (Å²) >= 11 is 3.69. The van der Waals surface area contributed by atoms with Crippen LogP contribution >= 0.6 is 15.9 Å². The quantitative estimate of drug-likeness (QED) is 0.659. The molecule has 1 aromatic rings. The van der Waals surface area contributed by atoms with Crippen LogP contribution in [0.5, 0.6) is 0 Å². The average Bonchev–Trinajstić information content (AvgIpc) is 2.42. The predicted molar refractivity (Wildman–Crippen MR) is 89.0 cm³/mol. The molecule has 20 heavy (non-hydrogen) atoms. The highest BCUT2D eigenvalue weighted by molar-refractivity contribution is 9.10. The van der Waals surface area contributed by atoms with E-state index in [1.165, 1.54) is 22.0 Å². The number of methoxy groups -OCH3 is 1. The molecule has 0 saturated heterocycles. The Morgan fingerprint density at radius 1 is 1.35 bits per heavy atom. The van der Waals surface area contributed by atoms with Gasteiger partial charge in [0.05, 0.1) is 0 Å². The van der Waals surface area contributed by atoms with E-state index in [9.17, 15) is 0 Å². The fourth-order valence-corrected chi connectivity index (χ4v) is 2.64. The van der Waals surface area contributed by atoms with Crippen molar-refractivity contribution >= 4 is 15.9 Å². The zero-order chi connectivity index (χ0) is 14.8. The van der Waals surface area contributed by atoms with Gasteiger partial charge in [-0.1, -0.05) is 35.0 Å². The van der Waals surface area contributed by atoms with E-state index in [2.05, 4.69) is 58.3 Å². The standard InChI is InChI=1S/C16H27BrN2O/c1-4-8-18-12-14-6-7-15(16(17)11-14)13-19(2)9-5-10-20-3/h6-7,11,18H,4-5,8-10,12-13H2,1-3H3. The summed E-state index contributed by atoms with van der Waals surface area (Å²) < 4.78 is 6.29. The molecule has 1 aromatic carbocycles. The van der Waals surface area contributed by atoms with Crippen LogP contribution in [-0.2, 0) is 17.8 Å². The minimum Gasteiger partial charge on any atom is -0.385 e. The maximum absolute atomic E-state index is 5.09. The molecule has 114 valence electrons. The highest BCUT2D eigenvalue weighted by atomic mass is 79.9. The first kappa shape index (κ1) is 17.6. The molecule has 0 radical (unpaired) electrons. The summed E-state index contributed by atoms with van der Waals surface area (Å²) in [6.07, 6.45) is 2.25. The maximum atomic E-state index is 5.09. The third kappa shape index (κ3) is 6.84. The van der Waals surface area contributed by atoms with Crippen molar-refractivity contribution < 1.29 is 4.74 Å². The van der Waals surface area contributed by atoms with Crippen molar-refractivity contribution in [1.29, 1.82) is 0 Å². The van der Waals surface area contributed by atoms with Gasteiger partial charge in [-0.3, -0.25) is 0 Å². The Kier molecular flexibility index (Phi) is 9.10. The fourth-order valence-electron chi connectivity index (χ4n) is 2.09. The molecule has 1 N–H and O–H groups in total. The van der Waals surface area contributed by atoms with E-state index in [1.807, 2.05) is 0 Å². The van der Waals surface area contributed by atoms with Crippen molar-refractivity contribution in [1.82, 2.24) is 10.2 Å². The van der Waals surface area contributed by atoms with Crippen molar-refractivity contribution in [2.75, 3.05) is 33.9 Å². The van der Waals surface area contributed by atoms with Gasteiger partial charge in [0.2, 0.25) is 0 Å². The van der Waals surface area contributed by atoms with Crippen molar-refractivity contribution in [3.05, 3.63) is 33.8 Å². The van der Waals surface area contributed by atoms with E-state index in [0.29, 0.717) is 0 Å². The Balaban J connectivity index is 2.46. The maximum Gasteiger partial charge on any atom is 0.0474 e. The van der Waals surface area contributed by atoms with Gasteiger partial charge in [0, 0.05) is 37.8 Å². The van der Waals surface area contributed by atoms with Crippen molar-refractivity contribution in [2.45, 2.75) is 32.9 Å². The molecule has 0 spiro atoms. The molecule has 0 amide bonds. The molecule has 0 aliphatic carbocycles. The molecule has 0 aliphatic rings. The van der Waals surface area contributed by atoms with Gasteiger partial charge in [-0.15, -0.1) is 0 Å². The molecule has 0 heterocycles. The van der Waals surface area contributed by atoms with Gasteiger partial charge in [0.25, 0.3) is 0 Å². The molecule has 3 nitrogen and oxygen atoms in total. The summed E-state index contributed by atoms with van der Waals surface area (Å²) in [5.74, 6) is 0. The third-order valence-corrected chi connectivity index (χ3v) is 3.94.